The van der Waals surface area contributed by atoms with Crippen molar-refractivity contribution in [3.8, 4) is 0 Å². The summed E-state index contributed by atoms with van der Waals surface area (Å²) in [5, 5.41) is 16.4. The van der Waals surface area contributed by atoms with Gasteiger partial charge in [0.25, 0.3) is 5.69 Å². The summed E-state index contributed by atoms with van der Waals surface area (Å²) in [7, 11) is 1.76. The SMILES string of the molecule is Cc1cc(C)c(NC(=O)CN(C)CCC(=O)Nc2cccc([N+](=O)[O-])c2)c(C)c1. The van der Waals surface area contributed by atoms with Crippen LogP contribution >= 0.6 is 0 Å². The Bertz CT molecular complexity index is 904. The van der Waals surface area contributed by atoms with Crippen LogP contribution in [-0.2, 0) is 9.59 Å². The number of nitro groups is 1. The van der Waals surface area contributed by atoms with Crippen LogP contribution in [0.25, 0.3) is 0 Å². The molecule has 2 aromatic rings. The van der Waals surface area contributed by atoms with Gasteiger partial charge in [-0.15, -0.1) is 0 Å². The molecule has 154 valence electrons. The molecule has 0 heterocycles. The quantitative estimate of drug-likeness (QED) is 0.524. The molecule has 0 unspecified atom stereocenters. The van der Waals surface area contributed by atoms with E-state index in [2.05, 4.69) is 10.6 Å². The normalized spacial score (nSPS) is 10.7. The van der Waals surface area contributed by atoms with Crippen LogP contribution in [0.4, 0.5) is 17.1 Å². The lowest BCUT2D eigenvalue weighted by atomic mass is 10.1. The number of nitrogens with zero attached hydrogens (tertiary/aromatic N) is 2. The number of nitro benzene ring substituents is 1. The second kappa shape index (κ2) is 9.79. The minimum Gasteiger partial charge on any atom is -0.326 e. The van der Waals surface area contributed by atoms with Crippen LogP contribution < -0.4 is 10.6 Å². The van der Waals surface area contributed by atoms with Crippen LogP contribution in [0.3, 0.4) is 0 Å². The fourth-order valence-corrected chi connectivity index (χ4v) is 3.09. The van der Waals surface area contributed by atoms with Crippen molar-refractivity contribution < 1.29 is 14.5 Å². The van der Waals surface area contributed by atoms with E-state index in [-0.39, 0.29) is 30.5 Å². The molecule has 0 saturated heterocycles. The number of nitrogens with one attached hydrogen (secondary N) is 2. The monoisotopic (exact) mass is 398 g/mol. The summed E-state index contributed by atoms with van der Waals surface area (Å²) >= 11 is 0. The molecule has 29 heavy (non-hydrogen) atoms. The highest BCUT2D eigenvalue weighted by Crippen LogP contribution is 2.22. The maximum Gasteiger partial charge on any atom is 0.271 e. The molecule has 0 aliphatic heterocycles. The fourth-order valence-electron chi connectivity index (χ4n) is 3.09. The molecule has 2 amide bonds. The molecule has 0 spiro atoms. The molecule has 0 fully saturated rings. The van der Waals surface area contributed by atoms with Crippen molar-refractivity contribution in [2.45, 2.75) is 27.2 Å². The molecule has 0 saturated carbocycles. The van der Waals surface area contributed by atoms with Crippen molar-refractivity contribution in [2.24, 2.45) is 0 Å². The smallest absolute Gasteiger partial charge is 0.271 e. The molecule has 8 heteroatoms. The second-order valence-corrected chi connectivity index (χ2v) is 7.17. The number of hydrogen-bond donors (Lipinski definition) is 2. The van der Waals surface area contributed by atoms with E-state index in [9.17, 15) is 19.7 Å². The molecule has 0 aliphatic rings. The average Bonchev–Trinajstić information content (AvgIpc) is 2.63. The number of rotatable bonds is 8. The zero-order valence-electron chi connectivity index (χ0n) is 17.1. The highest BCUT2D eigenvalue weighted by atomic mass is 16.6. The number of amides is 2. The van der Waals surface area contributed by atoms with Crippen molar-refractivity contribution in [3.05, 3.63) is 63.2 Å². The Morgan fingerprint density at radius 3 is 2.31 bits per heavy atom. The molecule has 0 radical (unpaired) electrons. The van der Waals surface area contributed by atoms with Crippen LogP contribution in [0.15, 0.2) is 36.4 Å². The van der Waals surface area contributed by atoms with E-state index in [4.69, 9.17) is 0 Å². The lowest BCUT2D eigenvalue weighted by molar-refractivity contribution is -0.384. The van der Waals surface area contributed by atoms with Gasteiger partial charge in [-0.25, -0.2) is 0 Å². The van der Waals surface area contributed by atoms with Gasteiger partial charge in [-0.05, 0) is 45.0 Å². The molecule has 8 nitrogen and oxygen atoms in total. The first-order chi connectivity index (χ1) is 13.7. The number of carbonyl (C=O) groups is 2. The zero-order chi connectivity index (χ0) is 21.6. The lowest BCUT2D eigenvalue weighted by Crippen LogP contribution is -2.32. The third-order valence-electron chi connectivity index (χ3n) is 4.42. The Morgan fingerprint density at radius 2 is 1.69 bits per heavy atom. The molecule has 2 aromatic carbocycles. The Morgan fingerprint density at radius 1 is 1.03 bits per heavy atom. The van der Waals surface area contributed by atoms with Gasteiger partial charge in [0.05, 0.1) is 11.5 Å². The Labute approximate surface area is 170 Å². The number of hydrogen-bond acceptors (Lipinski definition) is 5. The summed E-state index contributed by atoms with van der Waals surface area (Å²) in [6, 6.07) is 9.81. The first-order valence-electron chi connectivity index (χ1n) is 9.26. The minimum absolute atomic E-state index is 0.0849. The van der Waals surface area contributed by atoms with E-state index >= 15 is 0 Å². The summed E-state index contributed by atoms with van der Waals surface area (Å²) < 4.78 is 0. The number of carbonyl (C=O) groups excluding carboxylic acids is 2. The standard InChI is InChI=1S/C21H26N4O4/c1-14-10-15(2)21(16(3)11-14)23-20(27)13-24(4)9-8-19(26)22-17-6-5-7-18(12-17)25(28)29/h5-7,10-12H,8-9,13H2,1-4H3,(H,22,26)(H,23,27). The number of non-ortho nitro benzene ring substituents is 1. The van der Waals surface area contributed by atoms with Gasteiger partial charge >= 0.3 is 0 Å². The molecule has 2 N–H and O–H groups in total. The predicted octanol–water partition coefficient (Wildman–Crippen LogP) is 3.42. The van der Waals surface area contributed by atoms with Crippen LogP contribution in [-0.4, -0.2) is 41.8 Å². The van der Waals surface area contributed by atoms with Gasteiger partial charge in [-0.1, -0.05) is 23.8 Å². The van der Waals surface area contributed by atoms with Gasteiger partial charge < -0.3 is 10.6 Å². The van der Waals surface area contributed by atoms with Crippen molar-refractivity contribution in [3.63, 3.8) is 0 Å². The molecular weight excluding hydrogens is 372 g/mol. The number of anilines is 2. The maximum atomic E-state index is 12.3. The first kappa shape index (κ1) is 22.0. The Hall–Kier alpha value is -3.26. The van der Waals surface area contributed by atoms with Crippen LogP contribution in [0.5, 0.6) is 0 Å². The van der Waals surface area contributed by atoms with E-state index in [0.717, 1.165) is 22.4 Å². The Kier molecular flexibility index (Phi) is 7.44. The number of aryl methyl sites for hydroxylation is 3. The van der Waals surface area contributed by atoms with Gasteiger partial charge in [-0.2, -0.15) is 0 Å². The second-order valence-electron chi connectivity index (χ2n) is 7.17. The lowest BCUT2D eigenvalue weighted by Gasteiger charge is -2.18. The summed E-state index contributed by atoms with van der Waals surface area (Å²) in [6.45, 7) is 6.45. The van der Waals surface area contributed by atoms with Crippen molar-refractivity contribution >= 4 is 28.9 Å². The van der Waals surface area contributed by atoms with Gasteiger partial charge in [0.2, 0.25) is 11.8 Å². The van der Waals surface area contributed by atoms with Crippen molar-refractivity contribution in [1.29, 1.82) is 0 Å². The largest absolute Gasteiger partial charge is 0.326 e. The van der Waals surface area contributed by atoms with Crippen molar-refractivity contribution in [1.82, 2.24) is 4.90 Å². The van der Waals surface area contributed by atoms with E-state index in [0.29, 0.717) is 12.2 Å². The fraction of sp³-hybridized carbons (Fsp3) is 0.333. The van der Waals surface area contributed by atoms with Crippen LogP contribution in [0.1, 0.15) is 23.1 Å². The van der Waals surface area contributed by atoms with Gasteiger partial charge in [0.15, 0.2) is 0 Å². The minimum atomic E-state index is -0.514. The van der Waals surface area contributed by atoms with Gasteiger partial charge in [-0.3, -0.25) is 24.6 Å². The predicted molar refractivity (Wildman–Crippen MR) is 113 cm³/mol. The third-order valence-corrected chi connectivity index (χ3v) is 4.42. The van der Waals surface area contributed by atoms with E-state index in [1.54, 1.807) is 18.0 Å². The van der Waals surface area contributed by atoms with E-state index in [1.165, 1.54) is 18.2 Å². The highest BCUT2D eigenvalue weighted by molar-refractivity contribution is 5.94. The number of benzene rings is 2. The molecule has 0 aromatic heterocycles. The number of likely N-dealkylation sites (N-methyl/N-ethyl adjacent to an activating group) is 1. The topological polar surface area (TPSA) is 105 Å². The summed E-state index contributed by atoms with van der Waals surface area (Å²) in [4.78, 5) is 36.5. The molecule has 0 aliphatic carbocycles. The van der Waals surface area contributed by atoms with E-state index < -0.39 is 4.92 Å². The molecule has 0 bridgehead atoms. The van der Waals surface area contributed by atoms with Crippen LogP contribution in [0.2, 0.25) is 0 Å². The molecular formula is C21H26N4O4. The van der Waals surface area contributed by atoms with Gasteiger partial charge in [0, 0.05) is 36.5 Å². The first-order valence-corrected chi connectivity index (χ1v) is 9.26. The van der Waals surface area contributed by atoms with Crippen molar-refractivity contribution in [2.75, 3.05) is 30.8 Å². The summed E-state index contributed by atoms with van der Waals surface area (Å²) in [6.07, 6.45) is 0.162. The zero-order valence-corrected chi connectivity index (χ0v) is 17.1. The van der Waals surface area contributed by atoms with Gasteiger partial charge in [0.1, 0.15) is 0 Å². The highest BCUT2D eigenvalue weighted by Gasteiger charge is 2.13. The maximum absolute atomic E-state index is 12.3. The third kappa shape index (κ3) is 6.69. The summed E-state index contributed by atoms with van der Waals surface area (Å²) in [5.74, 6) is -0.426. The molecule has 2 rings (SSSR count). The average molecular weight is 398 g/mol. The van der Waals surface area contributed by atoms with Crippen LogP contribution in [0, 0.1) is 30.9 Å². The Balaban J connectivity index is 1.82. The van der Waals surface area contributed by atoms with E-state index in [1.807, 2.05) is 32.9 Å². The summed E-state index contributed by atoms with van der Waals surface area (Å²) in [5.41, 5.74) is 4.26. The molecule has 0 atom stereocenters.